The van der Waals surface area contributed by atoms with Crippen molar-refractivity contribution in [2.45, 2.75) is 38.3 Å². The van der Waals surface area contributed by atoms with E-state index in [9.17, 15) is 4.79 Å². The Bertz CT molecular complexity index is 505. The molecular formula is C13H20N4O2S. The third-order valence-electron chi connectivity index (χ3n) is 4.12. The first kappa shape index (κ1) is 13.6. The zero-order valence-electron chi connectivity index (χ0n) is 11.6. The predicted molar refractivity (Wildman–Crippen MR) is 79.1 cm³/mol. The maximum atomic E-state index is 12.0. The molecule has 0 radical (unpaired) electrons. The molecule has 1 aromatic heterocycles. The van der Waals surface area contributed by atoms with Crippen molar-refractivity contribution in [1.29, 1.82) is 0 Å². The lowest BCUT2D eigenvalue weighted by Gasteiger charge is -2.21. The first-order valence-corrected chi connectivity index (χ1v) is 7.91. The van der Waals surface area contributed by atoms with Crippen molar-refractivity contribution in [3.8, 4) is 0 Å². The molecule has 0 aliphatic carbocycles. The van der Waals surface area contributed by atoms with Crippen molar-refractivity contribution in [2.24, 2.45) is 0 Å². The molecule has 0 amide bonds. The molecule has 3 heterocycles. The molecule has 2 fully saturated rings. The molecule has 0 aromatic carbocycles. The van der Waals surface area contributed by atoms with Crippen molar-refractivity contribution in [1.82, 2.24) is 9.27 Å². The van der Waals surface area contributed by atoms with Crippen molar-refractivity contribution < 1.29 is 9.53 Å². The summed E-state index contributed by atoms with van der Waals surface area (Å²) in [4.78, 5) is 14.5. The number of nitrogens with two attached hydrogens (primary N) is 1. The smallest absolute Gasteiger partial charge is 0.344 e. The van der Waals surface area contributed by atoms with Crippen molar-refractivity contribution in [3.05, 3.63) is 5.56 Å². The summed E-state index contributed by atoms with van der Waals surface area (Å²) in [5.74, 6) is -0.125. The Kier molecular flexibility index (Phi) is 3.80. The van der Waals surface area contributed by atoms with Gasteiger partial charge in [-0.05, 0) is 44.3 Å². The van der Waals surface area contributed by atoms with E-state index in [1.807, 2.05) is 0 Å². The molecule has 1 aromatic rings. The van der Waals surface area contributed by atoms with Crippen molar-refractivity contribution >= 4 is 28.3 Å². The molecule has 0 spiro atoms. The zero-order chi connectivity index (χ0) is 14.1. The number of ether oxygens (including phenoxy) is 1. The van der Waals surface area contributed by atoms with Crippen molar-refractivity contribution in [3.63, 3.8) is 0 Å². The zero-order valence-corrected chi connectivity index (χ0v) is 12.4. The van der Waals surface area contributed by atoms with Crippen LogP contribution in [0.15, 0.2) is 0 Å². The number of fused-ring (bicyclic) bond motifs is 1. The van der Waals surface area contributed by atoms with Gasteiger partial charge < -0.3 is 15.8 Å². The Morgan fingerprint density at radius 3 is 3.20 bits per heavy atom. The number of anilines is 2. The van der Waals surface area contributed by atoms with Gasteiger partial charge in [0.1, 0.15) is 10.6 Å². The van der Waals surface area contributed by atoms with E-state index >= 15 is 0 Å². The van der Waals surface area contributed by atoms with Crippen LogP contribution in [0.4, 0.5) is 10.8 Å². The largest absolute Gasteiger partial charge is 0.462 e. The second-order valence-electron chi connectivity index (χ2n) is 5.28. The lowest BCUT2D eigenvalue weighted by molar-refractivity contribution is 0.0529. The molecule has 2 aliphatic heterocycles. The highest BCUT2D eigenvalue weighted by Crippen LogP contribution is 2.34. The van der Waals surface area contributed by atoms with Gasteiger partial charge >= 0.3 is 5.97 Å². The standard InChI is InChI=1S/C13H20N4O2S/c1-2-19-13(18)10-11(14)16-20-12(10)15-8-5-7-17-6-3-4-9(8)17/h8-9,15H,2-7H2,1H3,(H2,14,16). The van der Waals surface area contributed by atoms with Gasteiger partial charge in [0.2, 0.25) is 0 Å². The maximum Gasteiger partial charge on any atom is 0.344 e. The Morgan fingerprint density at radius 1 is 1.55 bits per heavy atom. The summed E-state index contributed by atoms with van der Waals surface area (Å²) in [5, 5.41) is 4.22. The molecule has 2 aliphatic rings. The molecule has 6 nitrogen and oxygen atoms in total. The molecule has 3 N–H and O–H groups in total. The Hall–Kier alpha value is -1.34. The second kappa shape index (κ2) is 5.57. The van der Waals surface area contributed by atoms with Gasteiger partial charge in [-0.3, -0.25) is 4.90 Å². The first-order chi connectivity index (χ1) is 9.70. The number of carbonyl (C=O) groups is 1. The summed E-state index contributed by atoms with van der Waals surface area (Å²) in [7, 11) is 0. The van der Waals surface area contributed by atoms with Crippen LogP contribution >= 0.6 is 11.5 Å². The van der Waals surface area contributed by atoms with Gasteiger partial charge in [0.05, 0.1) is 6.61 Å². The van der Waals surface area contributed by atoms with Crippen molar-refractivity contribution in [2.75, 3.05) is 30.7 Å². The number of hydrogen-bond donors (Lipinski definition) is 2. The topological polar surface area (TPSA) is 80.5 Å². The van der Waals surface area contributed by atoms with Crippen LogP contribution in [0, 0.1) is 0 Å². The van der Waals surface area contributed by atoms with Crippen LogP contribution in [0.3, 0.4) is 0 Å². The highest BCUT2D eigenvalue weighted by Gasteiger charge is 2.38. The minimum Gasteiger partial charge on any atom is -0.462 e. The fraction of sp³-hybridized carbons (Fsp3) is 0.692. The summed E-state index contributed by atoms with van der Waals surface area (Å²) < 4.78 is 9.15. The lowest BCUT2D eigenvalue weighted by atomic mass is 10.1. The number of nitrogen functional groups attached to an aromatic ring is 1. The van der Waals surface area contributed by atoms with Crippen LogP contribution in [-0.4, -0.2) is 47.0 Å². The molecule has 2 saturated heterocycles. The quantitative estimate of drug-likeness (QED) is 0.821. The second-order valence-corrected chi connectivity index (χ2v) is 6.05. The summed E-state index contributed by atoms with van der Waals surface area (Å²) in [5.41, 5.74) is 6.20. The van der Waals surface area contributed by atoms with Gasteiger partial charge in [-0.2, -0.15) is 4.37 Å². The van der Waals surface area contributed by atoms with Gasteiger partial charge in [0.25, 0.3) is 0 Å². The molecular weight excluding hydrogens is 276 g/mol. The fourth-order valence-corrected chi connectivity index (χ4v) is 3.98. The number of nitrogens with zero attached hydrogens (tertiary/aromatic N) is 2. The monoisotopic (exact) mass is 296 g/mol. The summed E-state index contributed by atoms with van der Waals surface area (Å²) in [6, 6.07) is 0.957. The minimum absolute atomic E-state index is 0.261. The normalized spacial score (nSPS) is 25.6. The molecule has 0 bridgehead atoms. The number of hydrogen-bond acceptors (Lipinski definition) is 7. The Morgan fingerprint density at radius 2 is 2.40 bits per heavy atom. The predicted octanol–water partition coefficient (Wildman–Crippen LogP) is 1.55. The SMILES string of the molecule is CCOC(=O)c1c(N)nsc1NC1CCN2CCCC12. The van der Waals surface area contributed by atoms with Crippen LogP contribution in [0.1, 0.15) is 36.5 Å². The van der Waals surface area contributed by atoms with E-state index in [1.54, 1.807) is 6.92 Å². The van der Waals surface area contributed by atoms with E-state index in [1.165, 1.54) is 30.9 Å². The molecule has 0 saturated carbocycles. The van der Waals surface area contributed by atoms with Gasteiger partial charge in [-0.25, -0.2) is 4.79 Å². The van der Waals surface area contributed by atoms with Gasteiger partial charge in [0.15, 0.2) is 5.82 Å². The Balaban J connectivity index is 1.76. The number of aromatic nitrogens is 1. The van der Waals surface area contributed by atoms with Crippen LogP contribution in [0.5, 0.6) is 0 Å². The summed E-state index contributed by atoms with van der Waals surface area (Å²) in [6.45, 7) is 4.45. The van der Waals surface area contributed by atoms with E-state index in [2.05, 4.69) is 14.6 Å². The summed E-state index contributed by atoms with van der Waals surface area (Å²) in [6.07, 6.45) is 3.59. The van der Waals surface area contributed by atoms with Gasteiger partial charge in [-0.15, -0.1) is 0 Å². The average molecular weight is 296 g/mol. The van der Waals surface area contributed by atoms with Crippen LogP contribution in [-0.2, 0) is 4.74 Å². The van der Waals surface area contributed by atoms with E-state index in [-0.39, 0.29) is 11.8 Å². The number of esters is 1. The minimum atomic E-state index is -0.387. The van der Waals surface area contributed by atoms with E-state index in [0.29, 0.717) is 24.3 Å². The number of carbonyl (C=O) groups excluding carboxylic acids is 1. The molecule has 2 atom stereocenters. The van der Waals surface area contributed by atoms with Crippen LogP contribution in [0.2, 0.25) is 0 Å². The lowest BCUT2D eigenvalue weighted by Crippen LogP contribution is -2.33. The molecule has 110 valence electrons. The number of rotatable bonds is 4. The maximum absolute atomic E-state index is 12.0. The molecule has 3 rings (SSSR count). The first-order valence-electron chi connectivity index (χ1n) is 7.13. The molecule has 2 unspecified atom stereocenters. The van der Waals surface area contributed by atoms with Gasteiger partial charge in [-0.1, -0.05) is 0 Å². The van der Waals surface area contributed by atoms with Gasteiger partial charge in [0, 0.05) is 18.6 Å². The van der Waals surface area contributed by atoms with Crippen LogP contribution in [0.25, 0.3) is 0 Å². The highest BCUT2D eigenvalue weighted by atomic mass is 32.1. The average Bonchev–Trinajstić information content (AvgIpc) is 3.08. The fourth-order valence-electron chi connectivity index (χ4n) is 3.22. The van der Waals surface area contributed by atoms with E-state index in [4.69, 9.17) is 10.5 Å². The third-order valence-corrected chi connectivity index (χ3v) is 4.91. The summed E-state index contributed by atoms with van der Waals surface area (Å²) >= 11 is 1.25. The Labute approximate surface area is 122 Å². The molecule has 20 heavy (non-hydrogen) atoms. The third kappa shape index (κ3) is 2.35. The molecule has 7 heteroatoms. The van der Waals surface area contributed by atoms with E-state index < -0.39 is 0 Å². The van der Waals surface area contributed by atoms with E-state index in [0.717, 1.165) is 18.0 Å². The number of nitrogens with one attached hydrogen (secondary N) is 1. The van der Waals surface area contributed by atoms with Crippen LogP contribution < -0.4 is 11.1 Å². The highest BCUT2D eigenvalue weighted by molar-refractivity contribution is 7.11.